The van der Waals surface area contributed by atoms with Crippen LogP contribution in [0.4, 0.5) is 0 Å². The van der Waals surface area contributed by atoms with Crippen molar-refractivity contribution in [2.45, 2.75) is 27.8 Å². The molecule has 1 aliphatic heterocycles. The van der Waals surface area contributed by atoms with Crippen molar-refractivity contribution in [2.24, 2.45) is 5.14 Å². The monoisotopic (exact) mass is 323 g/mol. The second kappa shape index (κ2) is 6.05. The van der Waals surface area contributed by atoms with Crippen LogP contribution in [0.1, 0.15) is 18.4 Å². The third-order valence-electron chi connectivity index (χ3n) is 2.66. The van der Waals surface area contributed by atoms with Gasteiger partial charge in [-0.1, -0.05) is 23.7 Å². The number of benzene rings is 1. The highest BCUT2D eigenvalue weighted by Crippen LogP contribution is 2.42. The van der Waals surface area contributed by atoms with Gasteiger partial charge in [0.2, 0.25) is 10.0 Å². The van der Waals surface area contributed by atoms with E-state index in [-0.39, 0.29) is 0 Å². The maximum absolute atomic E-state index is 11.2. The molecule has 2 rings (SSSR count). The Bertz CT molecular complexity index is 504. The van der Waals surface area contributed by atoms with Crippen LogP contribution in [0.5, 0.6) is 0 Å². The Kier molecular flexibility index (Phi) is 4.88. The number of hydrogen-bond acceptors (Lipinski definition) is 4. The molecule has 100 valence electrons. The summed E-state index contributed by atoms with van der Waals surface area (Å²) in [5.41, 5.74) is 1.20. The fraction of sp³-hybridized carbons (Fsp3) is 0.455. The van der Waals surface area contributed by atoms with Crippen molar-refractivity contribution in [3.63, 3.8) is 0 Å². The highest BCUT2D eigenvalue weighted by atomic mass is 35.5. The van der Waals surface area contributed by atoms with E-state index in [4.69, 9.17) is 16.7 Å². The first-order chi connectivity index (χ1) is 8.45. The molecule has 0 bridgehead atoms. The molecule has 0 aromatic heterocycles. The Balaban J connectivity index is 1.84. The SMILES string of the molecule is NS(=O)(=O)[C@@H]1CCC(SCc2ccc(Cl)cc2)S1. The second-order valence-electron chi connectivity index (χ2n) is 4.10. The van der Waals surface area contributed by atoms with Crippen molar-refractivity contribution >= 4 is 45.1 Å². The zero-order valence-electron chi connectivity index (χ0n) is 9.58. The van der Waals surface area contributed by atoms with Gasteiger partial charge in [0.15, 0.2) is 0 Å². The largest absolute Gasteiger partial charge is 0.228 e. The lowest BCUT2D eigenvalue weighted by molar-refractivity contribution is 0.592. The maximum atomic E-state index is 11.2. The summed E-state index contributed by atoms with van der Waals surface area (Å²) < 4.78 is 22.3. The highest BCUT2D eigenvalue weighted by Gasteiger charge is 2.32. The minimum atomic E-state index is -3.39. The van der Waals surface area contributed by atoms with Crippen LogP contribution in [-0.2, 0) is 15.8 Å². The van der Waals surface area contributed by atoms with E-state index < -0.39 is 14.6 Å². The molecule has 1 aromatic rings. The van der Waals surface area contributed by atoms with Gasteiger partial charge in [-0.3, -0.25) is 0 Å². The van der Waals surface area contributed by atoms with Gasteiger partial charge < -0.3 is 0 Å². The van der Waals surface area contributed by atoms with Gasteiger partial charge in [-0.05, 0) is 30.5 Å². The van der Waals surface area contributed by atoms with Crippen LogP contribution >= 0.6 is 35.1 Å². The summed E-state index contributed by atoms with van der Waals surface area (Å²) in [6, 6.07) is 7.72. The standard InChI is InChI=1S/C11H14ClNO2S3/c12-9-3-1-8(2-4-9)7-16-10-5-6-11(17-10)18(13,14)15/h1-4,10-11H,5-7H2,(H2,13,14,15)/t10?,11-/m1/s1. The van der Waals surface area contributed by atoms with E-state index in [2.05, 4.69) is 0 Å². The van der Waals surface area contributed by atoms with Gasteiger partial charge in [-0.25, -0.2) is 13.6 Å². The zero-order valence-corrected chi connectivity index (χ0v) is 12.8. The molecule has 1 saturated heterocycles. The first-order valence-electron chi connectivity index (χ1n) is 5.48. The van der Waals surface area contributed by atoms with Crippen LogP contribution in [0, 0.1) is 0 Å². The van der Waals surface area contributed by atoms with Crippen molar-refractivity contribution in [2.75, 3.05) is 0 Å². The van der Waals surface area contributed by atoms with Gasteiger partial charge in [0.25, 0.3) is 0 Å². The molecule has 18 heavy (non-hydrogen) atoms. The van der Waals surface area contributed by atoms with E-state index in [1.165, 1.54) is 17.3 Å². The van der Waals surface area contributed by atoms with Crippen molar-refractivity contribution < 1.29 is 8.42 Å². The molecule has 1 unspecified atom stereocenters. The second-order valence-corrected chi connectivity index (χ2v) is 9.48. The summed E-state index contributed by atoms with van der Waals surface area (Å²) in [4.78, 5) is 0. The number of sulfonamides is 1. The van der Waals surface area contributed by atoms with Gasteiger partial charge in [0.05, 0.1) is 4.58 Å². The minimum absolute atomic E-state index is 0.309. The van der Waals surface area contributed by atoms with Crippen LogP contribution < -0.4 is 5.14 Å². The van der Waals surface area contributed by atoms with Crippen molar-refractivity contribution in [3.8, 4) is 0 Å². The average molecular weight is 324 g/mol. The van der Waals surface area contributed by atoms with Gasteiger partial charge in [-0.15, -0.1) is 23.5 Å². The lowest BCUT2D eigenvalue weighted by atomic mass is 10.2. The number of nitrogens with two attached hydrogens (primary N) is 1. The van der Waals surface area contributed by atoms with Gasteiger partial charge in [-0.2, -0.15) is 0 Å². The predicted octanol–water partition coefficient (Wildman–Crippen LogP) is 3.04. The van der Waals surface area contributed by atoms with E-state index in [9.17, 15) is 8.42 Å². The lowest BCUT2D eigenvalue weighted by Gasteiger charge is -2.09. The van der Waals surface area contributed by atoms with Crippen molar-refractivity contribution in [1.29, 1.82) is 0 Å². The van der Waals surface area contributed by atoms with E-state index >= 15 is 0 Å². The fourth-order valence-corrected chi connectivity index (χ4v) is 6.21. The minimum Gasteiger partial charge on any atom is -0.228 e. The van der Waals surface area contributed by atoms with Crippen LogP contribution in [0.3, 0.4) is 0 Å². The molecule has 0 radical (unpaired) electrons. The van der Waals surface area contributed by atoms with Crippen LogP contribution in [-0.4, -0.2) is 17.6 Å². The molecule has 3 nitrogen and oxygen atoms in total. The third kappa shape index (κ3) is 4.06. The number of primary sulfonamides is 1. The Morgan fingerprint density at radius 2 is 2.00 bits per heavy atom. The maximum Gasteiger partial charge on any atom is 0.221 e. The van der Waals surface area contributed by atoms with Gasteiger partial charge in [0, 0.05) is 10.8 Å². The molecular formula is C11H14ClNO2S3. The molecule has 2 atom stereocenters. The quantitative estimate of drug-likeness (QED) is 0.925. The van der Waals surface area contributed by atoms with E-state index in [1.54, 1.807) is 11.8 Å². The Morgan fingerprint density at radius 1 is 1.33 bits per heavy atom. The molecule has 0 aliphatic carbocycles. The molecule has 1 aromatic carbocycles. The molecule has 1 aliphatic rings. The highest BCUT2D eigenvalue weighted by molar-refractivity contribution is 8.22. The molecule has 0 saturated carbocycles. The molecule has 1 heterocycles. The topological polar surface area (TPSA) is 60.2 Å². The van der Waals surface area contributed by atoms with E-state index in [0.29, 0.717) is 11.0 Å². The number of hydrogen-bond donors (Lipinski definition) is 1. The lowest BCUT2D eigenvalue weighted by Crippen LogP contribution is -2.23. The summed E-state index contributed by atoms with van der Waals surface area (Å²) in [7, 11) is -3.39. The molecular weight excluding hydrogens is 310 g/mol. The average Bonchev–Trinajstić information content (AvgIpc) is 2.77. The zero-order chi connectivity index (χ0) is 13.2. The summed E-state index contributed by atoms with van der Waals surface area (Å²) >= 11 is 9.04. The van der Waals surface area contributed by atoms with E-state index in [0.717, 1.165) is 17.2 Å². The summed E-state index contributed by atoms with van der Waals surface area (Å²) in [6.45, 7) is 0. The Labute approximate surface area is 121 Å². The molecule has 0 amide bonds. The number of thioether (sulfide) groups is 2. The van der Waals surface area contributed by atoms with Crippen LogP contribution in [0.25, 0.3) is 0 Å². The normalized spacial score (nSPS) is 24.3. The van der Waals surface area contributed by atoms with Crippen molar-refractivity contribution in [3.05, 3.63) is 34.9 Å². The fourth-order valence-electron chi connectivity index (χ4n) is 1.71. The first-order valence-corrected chi connectivity index (χ1v) is 9.46. The predicted molar refractivity (Wildman–Crippen MR) is 80.3 cm³/mol. The smallest absolute Gasteiger partial charge is 0.221 e. The molecule has 7 heteroatoms. The summed E-state index contributed by atoms with van der Waals surface area (Å²) in [6.07, 6.45) is 1.55. The van der Waals surface area contributed by atoms with Gasteiger partial charge >= 0.3 is 0 Å². The Hall–Kier alpha value is 0.120. The number of rotatable bonds is 4. The Morgan fingerprint density at radius 3 is 2.56 bits per heavy atom. The van der Waals surface area contributed by atoms with Gasteiger partial charge in [0.1, 0.15) is 4.58 Å². The van der Waals surface area contributed by atoms with E-state index in [1.807, 2.05) is 24.3 Å². The molecule has 1 fully saturated rings. The molecule has 2 N–H and O–H groups in total. The molecule has 0 spiro atoms. The summed E-state index contributed by atoms with van der Waals surface area (Å²) in [5.74, 6) is 0.867. The van der Waals surface area contributed by atoms with Crippen LogP contribution in [0.15, 0.2) is 24.3 Å². The number of halogens is 1. The van der Waals surface area contributed by atoms with Crippen LogP contribution in [0.2, 0.25) is 5.02 Å². The summed E-state index contributed by atoms with van der Waals surface area (Å²) in [5, 5.41) is 5.88. The van der Waals surface area contributed by atoms with Crippen molar-refractivity contribution in [1.82, 2.24) is 0 Å². The third-order valence-corrected chi connectivity index (χ3v) is 7.94. The first kappa shape index (κ1) is 14.5.